The number of carbonyl (C=O) groups is 3. The van der Waals surface area contributed by atoms with Gasteiger partial charge in [0, 0.05) is 26.3 Å². The Labute approximate surface area is 205 Å². The molecule has 0 amide bonds. The van der Waals surface area contributed by atoms with Crippen LogP contribution in [0.5, 0.6) is 5.75 Å². The lowest BCUT2D eigenvalue weighted by atomic mass is 10.1. The normalized spacial score (nSPS) is 21.2. The lowest BCUT2D eigenvalue weighted by Crippen LogP contribution is -2.40. The lowest BCUT2D eigenvalue weighted by molar-refractivity contribution is -0.166. The number of esters is 3. The Balaban J connectivity index is 1.89. The van der Waals surface area contributed by atoms with Crippen LogP contribution in [-0.4, -0.2) is 69.5 Å². The second-order valence-corrected chi connectivity index (χ2v) is 7.98. The van der Waals surface area contributed by atoms with Crippen molar-refractivity contribution in [2.24, 2.45) is 0 Å². The summed E-state index contributed by atoms with van der Waals surface area (Å²) in [5, 5.41) is 0. The predicted molar refractivity (Wildman–Crippen MR) is 123 cm³/mol. The Morgan fingerprint density at radius 3 is 2.28 bits per heavy atom. The fourth-order valence-electron chi connectivity index (χ4n) is 4.01. The highest BCUT2D eigenvalue weighted by atomic mass is 16.7. The van der Waals surface area contributed by atoms with Gasteiger partial charge < -0.3 is 29.4 Å². The van der Waals surface area contributed by atoms with E-state index in [1.165, 1.54) is 27.1 Å². The number of methoxy groups -OCH3 is 1. The van der Waals surface area contributed by atoms with E-state index in [9.17, 15) is 14.4 Å². The third-order valence-electron chi connectivity index (χ3n) is 5.45. The van der Waals surface area contributed by atoms with E-state index in [0.29, 0.717) is 28.3 Å². The minimum absolute atomic E-state index is 0.128. The molecule has 190 valence electrons. The number of nitrogens with two attached hydrogens (primary N) is 1. The van der Waals surface area contributed by atoms with E-state index in [1.54, 1.807) is 35.9 Å². The summed E-state index contributed by atoms with van der Waals surface area (Å²) in [6.07, 6.45) is -2.97. The van der Waals surface area contributed by atoms with Gasteiger partial charge in [0.05, 0.1) is 7.11 Å². The van der Waals surface area contributed by atoms with Gasteiger partial charge in [0.2, 0.25) is 0 Å². The minimum atomic E-state index is -1.13. The molecule has 36 heavy (non-hydrogen) atoms. The van der Waals surface area contributed by atoms with Crippen LogP contribution in [-0.2, 0) is 33.3 Å². The molecule has 1 saturated heterocycles. The van der Waals surface area contributed by atoms with Gasteiger partial charge in [0.1, 0.15) is 30.6 Å². The standard InChI is InChI=1S/C23H25N5O8/c1-11(29)33-9-16-18(34-12(2)30)19(35-13(3)31)23(36-16)28-21(14-5-7-15(32-4)8-6-14)27-17-20(24)25-10-26-22(17)28/h5-8,10,16,18-19,23H,9H2,1-4H3,(H2,24,25,26)/t16-,18-,19-,23-/m1/s1. The molecule has 1 aliphatic heterocycles. The van der Waals surface area contributed by atoms with Gasteiger partial charge in [-0.1, -0.05) is 0 Å². The number of hydrogen-bond donors (Lipinski definition) is 1. The Kier molecular flexibility index (Phi) is 7.01. The molecule has 0 unspecified atom stereocenters. The molecule has 2 aromatic heterocycles. The molecule has 13 heteroatoms. The molecule has 0 aliphatic carbocycles. The zero-order valence-corrected chi connectivity index (χ0v) is 20.0. The van der Waals surface area contributed by atoms with E-state index in [2.05, 4.69) is 15.0 Å². The van der Waals surface area contributed by atoms with Gasteiger partial charge in [-0.3, -0.25) is 19.0 Å². The van der Waals surface area contributed by atoms with Crippen LogP contribution in [0.1, 0.15) is 27.0 Å². The third-order valence-corrected chi connectivity index (χ3v) is 5.45. The van der Waals surface area contributed by atoms with Crippen molar-refractivity contribution in [3.8, 4) is 17.1 Å². The van der Waals surface area contributed by atoms with Gasteiger partial charge in [0.15, 0.2) is 35.4 Å². The first-order chi connectivity index (χ1) is 17.2. The van der Waals surface area contributed by atoms with E-state index in [4.69, 9.17) is 29.4 Å². The van der Waals surface area contributed by atoms with Crippen molar-refractivity contribution in [3.05, 3.63) is 30.6 Å². The smallest absolute Gasteiger partial charge is 0.303 e. The van der Waals surface area contributed by atoms with Crippen molar-refractivity contribution in [1.29, 1.82) is 0 Å². The first-order valence-electron chi connectivity index (χ1n) is 11.0. The van der Waals surface area contributed by atoms with Gasteiger partial charge in [-0.15, -0.1) is 0 Å². The average Bonchev–Trinajstić information content (AvgIpc) is 3.36. The zero-order chi connectivity index (χ0) is 26.0. The van der Waals surface area contributed by atoms with Gasteiger partial charge in [-0.05, 0) is 24.3 Å². The molecule has 0 bridgehead atoms. The molecule has 1 fully saturated rings. The zero-order valence-electron chi connectivity index (χ0n) is 20.0. The van der Waals surface area contributed by atoms with Crippen LogP contribution in [0.15, 0.2) is 30.6 Å². The molecule has 2 N–H and O–H groups in total. The molecule has 0 saturated carbocycles. The molecule has 4 rings (SSSR count). The number of ether oxygens (including phenoxy) is 5. The molecular weight excluding hydrogens is 474 g/mol. The van der Waals surface area contributed by atoms with Gasteiger partial charge in [-0.2, -0.15) is 0 Å². The number of fused-ring (bicyclic) bond motifs is 1. The van der Waals surface area contributed by atoms with Crippen molar-refractivity contribution in [1.82, 2.24) is 19.5 Å². The highest BCUT2D eigenvalue weighted by Crippen LogP contribution is 2.39. The number of nitrogens with zero attached hydrogens (tertiary/aromatic N) is 4. The number of imidazole rings is 1. The largest absolute Gasteiger partial charge is 0.497 e. The fourth-order valence-corrected chi connectivity index (χ4v) is 4.01. The average molecular weight is 499 g/mol. The van der Waals surface area contributed by atoms with Crippen molar-refractivity contribution in [2.45, 2.75) is 45.3 Å². The van der Waals surface area contributed by atoms with Crippen molar-refractivity contribution in [3.63, 3.8) is 0 Å². The van der Waals surface area contributed by atoms with Crippen LogP contribution in [0.4, 0.5) is 5.82 Å². The fraction of sp³-hybridized carbons (Fsp3) is 0.391. The van der Waals surface area contributed by atoms with E-state index >= 15 is 0 Å². The topological polar surface area (TPSA) is 167 Å². The second-order valence-electron chi connectivity index (χ2n) is 7.98. The SMILES string of the molecule is COc1ccc(-c2nc3c(N)ncnc3n2[C@@H]2O[C@H](COC(C)=O)[C@@H](OC(C)=O)[C@H]2OC(C)=O)cc1. The number of anilines is 1. The van der Waals surface area contributed by atoms with Crippen LogP contribution in [0.2, 0.25) is 0 Å². The summed E-state index contributed by atoms with van der Waals surface area (Å²) >= 11 is 0. The maximum absolute atomic E-state index is 12.1. The summed E-state index contributed by atoms with van der Waals surface area (Å²) < 4.78 is 29.2. The Bertz CT molecular complexity index is 1290. The lowest BCUT2D eigenvalue weighted by Gasteiger charge is -2.24. The third kappa shape index (κ3) is 4.91. The molecule has 3 heterocycles. The first kappa shape index (κ1) is 24.9. The number of rotatable bonds is 7. The highest BCUT2D eigenvalue weighted by Gasteiger charge is 2.51. The molecule has 0 radical (unpaired) electrons. The number of benzene rings is 1. The van der Waals surface area contributed by atoms with Gasteiger partial charge in [0.25, 0.3) is 0 Å². The second kappa shape index (κ2) is 10.2. The van der Waals surface area contributed by atoms with Crippen molar-refractivity contribution >= 4 is 34.9 Å². The Morgan fingerprint density at radius 2 is 1.67 bits per heavy atom. The van der Waals surface area contributed by atoms with Crippen molar-refractivity contribution < 1.29 is 38.1 Å². The first-order valence-corrected chi connectivity index (χ1v) is 11.0. The summed E-state index contributed by atoms with van der Waals surface area (Å²) in [6, 6.07) is 7.04. The Hall–Kier alpha value is -4.26. The van der Waals surface area contributed by atoms with Crippen LogP contribution < -0.4 is 10.5 Å². The quantitative estimate of drug-likeness (QED) is 0.367. The number of hydrogen-bond acceptors (Lipinski definition) is 12. The monoisotopic (exact) mass is 499 g/mol. The summed E-state index contributed by atoms with van der Waals surface area (Å²) in [5.41, 5.74) is 7.31. The van der Waals surface area contributed by atoms with Crippen LogP contribution in [0.25, 0.3) is 22.6 Å². The molecule has 1 aromatic carbocycles. The summed E-state index contributed by atoms with van der Waals surface area (Å²) in [4.78, 5) is 48.5. The highest BCUT2D eigenvalue weighted by molar-refractivity contribution is 5.85. The Morgan fingerprint density at radius 1 is 1.00 bits per heavy atom. The van der Waals surface area contributed by atoms with Crippen LogP contribution in [0, 0.1) is 0 Å². The summed E-state index contributed by atoms with van der Waals surface area (Å²) in [5.74, 6) is -0.692. The number of nitrogen functional groups attached to an aromatic ring is 1. The molecule has 4 atom stereocenters. The maximum Gasteiger partial charge on any atom is 0.303 e. The van der Waals surface area contributed by atoms with Gasteiger partial charge >= 0.3 is 17.9 Å². The van der Waals surface area contributed by atoms with Crippen LogP contribution in [0.3, 0.4) is 0 Å². The summed E-state index contributed by atoms with van der Waals surface area (Å²) in [7, 11) is 1.55. The maximum atomic E-state index is 12.1. The molecule has 1 aliphatic rings. The van der Waals surface area contributed by atoms with Gasteiger partial charge in [-0.25, -0.2) is 15.0 Å². The predicted octanol–water partition coefficient (Wildman–Crippen LogP) is 1.41. The number of aromatic nitrogens is 4. The van der Waals surface area contributed by atoms with E-state index < -0.39 is 42.4 Å². The van der Waals surface area contributed by atoms with Crippen LogP contribution >= 0.6 is 0 Å². The van der Waals surface area contributed by atoms with E-state index in [-0.39, 0.29) is 12.4 Å². The molecule has 13 nitrogen and oxygen atoms in total. The van der Waals surface area contributed by atoms with E-state index in [0.717, 1.165) is 0 Å². The number of carbonyl (C=O) groups excluding carboxylic acids is 3. The summed E-state index contributed by atoms with van der Waals surface area (Å²) in [6.45, 7) is 3.42. The molecule has 0 spiro atoms. The van der Waals surface area contributed by atoms with Crippen molar-refractivity contribution in [2.75, 3.05) is 19.5 Å². The minimum Gasteiger partial charge on any atom is -0.497 e. The molecule has 3 aromatic rings. The van der Waals surface area contributed by atoms with E-state index in [1.807, 2.05) is 0 Å². The molecular formula is C23H25N5O8.